The smallest absolute Gasteiger partial charge is 0.250 e. The fourth-order valence-electron chi connectivity index (χ4n) is 3.99. The van der Waals surface area contributed by atoms with E-state index in [0.29, 0.717) is 5.96 Å². The van der Waals surface area contributed by atoms with Crippen LogP contribution >= 0.6 is 0 Å². The molecule has 5 nitrogen and oxygen atoms in total. The lowest BCUT2D eigenvalue weighted by atomic mass is 9.93. The van der Waals surface area contributed by atoms with Gasteiger partial charge in [-0.25, -0.2) is 15.0 Å². The van der Waals surface area contributed by atoms with E-state index in [9.17, 15) is 0 Å². The molecule has 3 aliphatic heterocycles. The molecule has 0 unspecified atom stereocenters. The summed E-state index contributed by atoms with van der Waals surface area (Å²) >= 11 is 0. The van der Waals surface area contributed by atoms with Crippen LogP contribution in [0.25, 0.3) is 0 Å². The van der Waals surface area contributed by atoms with Crippen LogP contribution in [-0.4, -0.2) is 27.5 Å². The average molecular weight is 355 g/mol. The second kappa shape index (κ2) is 6.20. The normalized spacial score (nSPS) is 23.8. The summed E-state index contributed by atoms with van der Waals surface area (Å²) in [7, 11) is 0. The lowest BCUT2D eigenvalue weighted by Crippen LogP contribution is -2.42. The molecule has 0 fully saturated rings. The lowest BCUT2D eigenvalue weighted by molar-refractivity contribution is 0.269. The van der Waals surface area contributed by atoms with Crippen molar-refractivity contribution >= 4 is 17.6 Å². The van der Waals surface area contributed by atoms with Gasteiger partial charge in [0.05, 0.1) is 12.1 Å². The molecule has 2 aromatic carbocycles. The first-order chi connectivity index (χ1) is 13.2. The van der Waals surface area contributed by atoms with Crippen LogP contribution in [-0.2, 0) is 0 Å². The number of benzene rings is 2. The monoisotopic (exact) mass is 355 g/mol. The molecule has 134 valence electrons. The Kier molecular flexibility index (Phi) is 3.67. The van der Waals surface area contributed by atoms with Crippen LogP contribution in [0.3, 0.4) is 0 Å². The number of allylic oxidation sites excluding steroid dienone is 2. The Balaban J connectivity index is 1.63. The summed E-state index contributed by atoms with van der Waals surface area (Å²) < 4.78 is 0. The van der Waals surface area contributed by atoms with Gasteiger partial charge in [0.1, 0.15) is 0 Å². The zero-order valence-corrected chi connectivity index (χ0v) is 15.4. The van der Waals surface area contributed by atoms with E-state index in [1.165, 1.54) is 11.1 Å². The highest BCUT2D eigenvalue weighted by Crippen LogP contribution is 2.41. The van der Waals surface area contributed by atoms with Crippen molar-refractivity contribution < 1.29 is 0 Å². The van der Waals surface area contributed by atoms with E-state index < -0.39 is 0 Å². The second-order valence-corrected chi connectivity index (χ2v) is 7.14. The summed E-state index contributed by atoms with van der Waals surface area (Å²) in [5.74, 6) is 1.57. The molecule has 2 atom stereocenters. The van der Waals surface area contributed by atoms with Crippen molar-refractivity contribution in [1.82, 2.24) is 9.91 Å². The molecular formula is C22H21N5. The third-order valence-electron chi connectivity index (χ3n) is 5.23. The van der Waals surface area contributed by atoms with Crippen molar-refractivity contribution in [1.29, 1.82) is 0 Å². The number of hydrogen-bond acceptors (Lipinski definition) is 5. The first-order valence-corrected chi connectivity index (χ1v) is 9.30. The largest absolute Gasteiger partial charge is 0.254 e. The first kappa shape index (κ1) is 16.0. The zero-order chi connectivity index (χ0) is 18.4. The molecule has 0 saturated carbocycles. The number of hydrogen-bond donors (Lipinski definition) is 0. The molecule has 0 aliphatic carbocycles. The summed E-state index contributed by atoms with van der Waals surface area (Å²) in [4.78, 5) is 11.8. The van der Waals surface area contributed by atoms with Gasteiger partial charge in [-0.3, -0.25) is 4.90 Å². The predicted octanol–water partition coefficient (Wildman–Crippen LogP) is 4.50. The summed E-state index contributed by atoms with van der Waals surface area (Å²) in [5.41, 5.74) is 4.55. The maximum atomic E-state index is 5.09. The number of rotatable bonds is 2. The summed E-state index contributed by atoms with van der Waals surface area (Å²) in [5, 5.41) is 6.88. The van der Waals surface area contributed by atoms with Crippen molar-refractivity contribution in [2.45, 2.75) is 32.4 Å². The van der Waals surface area contributed by atoms with Crippen LogP contribution in [0.4, 0.5) is 0 Å². The van der Waals surface area contributed by atoms with Gasteiger partial charge in [0.25, 0.3) is 5.96 Å². The molecule has 0 amide bonds. The minimum Gasteiger partial charge on any atom is -0.250 e. The Labute approximate surface area is 159 Å². The zero-order valence-electron chi connectivity index (χ0n) is 15.4. The maximum absolute atomic E-state index is 5.09. The van der Waals surface area contributed by atoms with Crippen LogP contribution < -0.4 is 0 Å². The third kappa shape index (κ3) is 2.67. The number of fused-ring (bicyclic) bond motifs is 3. The summed E-state index contributed by atoms with van der Waals surface area (Å²) in [6.45, 7) is 4.09. The molecule has 3 heterocycles. The van der Waals surface area contributed by atoms with Gasteiger partial charge in [-0.05, 0) is 31.1 Å². The van der Waals surface area contributed by atoms with Crippen molar-refractivity contribution in [3.05, 3.63) is 83.6 Å². The minimum atomic E-state index is 0.0945. The molecule has 5 rings (SSSR count). The maximum Gasteiger partial charge on any atom is 0.254 e. The molecule has 0 bridgehead atoms. The van der Waals surface area contributed by atoms with Gasteiger partial charge in [-0.1, -0.05) is 60.7 Å². The second-order valence-electron chi connectivity index (χ2n) is 7.14. The number of aliphatic imine (C=N–C) groups is 2. The Hall–Kier alpha value is -3.21. The highest BCUT2D eigenvalue weighted by Gasteiger charge is 2.42. The molecule has 0 spiro atoms. The van der Waals surface area contributed by atoms with Crippen LogP contribution in [0.5, 0.6) is 0 Å². The Morgan fingerprint density at radius 2 is 1.56 bits per heavy atom. The van der Waals surface area contributed by atoms with E-state index in [0.717, 1.165) is 23.8 Å². The summed E-state index contributed by atoms with van der Waals surface area (Å²) in [6, 6.07) is 21.3. The van der Waals surface area contributed by atoms with E-state index in [2.05, 4.69) is 77.5 Å². The molecule has 0 saturated heterocycles. The Morgan fingerprint density at radius 1 is 0.889 bits per heavy atom. The number of nitrogens with zero attached hydrogens (tertiary/aromatic N) is 5. The summed E-state index contributed by atoms with van der Waals surface area (Å²) in [6.07, 6.45) is 2.96. The third-order valence-corrected chi connectivity index (χ3v) is 5.23. The highest BCUT2D eigenvalue weighted by molar-refractivity contribution is 6.13. The predicted molar refractivity (Wildman–Crippen MR) is 108 cm³/mol. The van der Waals surface area contributed by atoms with Crippen molar-refractivity contribution in [3.63, 3.8) is 0 Å². The quantitative estimate of drug-likeness (QED) is 0.796. The number of hydrazone groups is 1. The highest BCUT2D eigenvalue weighted by atomic mass is 15.7. The first-order valence-electron chi connectivity index (χ1n) is 9.30. The average Bonchev–Trinajstić information content (AvgIpc) is 3.07. The number of guanidine groups is 2. The standard InChI is InChI=1S/C22H21N5/c1-15-13-16(2)26-21(23-15)25-27-20(18-11-7-4-8-12-18)14-19(24-22(26)27)17-9-5-3-6-10-17/h3-13,19-20H,14H2,1-2H3/t19-,20+/m1/s1. The van der Waals surface area contributed by atoms with Crippen LogP contribution in [0.1, 0.15) is 43.5 Å². The molecule has 0 radical (unpaired) electrons. The molecule has 0 aromatic heterocycles. The van der Waals surface area contributed by atoms with E-state index in [-0.39, 0.29) is 12.1 Å². The van der Waals surface area contributed by atoms with Gasteiger partial charge in [-0.15, -0.1) is 5.10 Å². The SMILES string of the molecule is CC1=CC(C)=NC2=NN3C(=N[C@@H](c4ccccc4)C[C@H]3c3ccccc3)N12. The fraction of sp³-hybridized carbons (Fsp3) is 0.227. The molecule has 27 heavy (non-hydrogen) atoms. The van der Waals surface area contributed by atoms with Gasteiger partial charge >= 0.3 is 0 Å². The molecule has 2 aromatic rings. The Morgan fingerprint density at radius 3 is 2.26 bits per heavy atom. The van der Waals surface area contributed by atoms with Gasteiger partial charge < -0.3 is 0 Å². The Bertz CT molecular complexity index is 988. The van der Waals surface area contributed by atoms with Gasteiger partial charge in [0.15, 0.2) is 0 Å². The van der Waals surface area contributed by atoms with Gasteiger partial charge in [-0.2, -0.15) is 0 Å². The van der Waals surface area contributed by atoms with E-state index in [1.807, 2.05) is 18.0 Å². The van der Waals surface area contributed by atoms with Gasteiger partial charge in [0.2, 0.25) is 5.96 Å². The van der Waals surface area contributed by atoms with Crippen molar-refractivity contribution in [2.24, 2.45) is 15.1 Å². The van der Waals surface area contributed by atoms with Crippen LogP contribution in [0, 0.1) is 0 Å². The fourth-order valence-corrected chi connectivity index (χ4v) is 3.99. The minimum absolute atomic E-state index is 0.0945. The molecule has 5 heteroatoms. The molecular weight excluding hydrogens is 334 g/mol. The molecule has 3 aliphatic rings. The van der Waals surface area contributed by atoms with Gasteiger partial charge in [0, 0.05) is 17.8 Å². The topological polar surface area (TPSA) is 43.6 Å². The van der Waals surface area contributed by atoms with Crippen molar-refractivity contribution in [2.75, 3.05) is 0 Å². The van der Waals surface area contributed by atoms with E-state index in [4.69, 9.17) is 10.1 Å². The van der Waals surface area contributed by atoms with Crippen LogP contribution in [0.15, 0.2) is 87.5 Å². The molecule has 0 N–H and O–H groups in total. The van der Waals surface area contributed by atoms with Crippen molar-refractivity contribution in [3.8, 4) is 0 Å². The van der Waals surface area contributed by atoms with E-state index >= 15 is 0 Å². The van der Waals surface area contributed by atoms with Crippen LogP contribution in [0.2, 0.25) is 0 Å². The van der Waals surface area contributed by atoms with E-state index in [1.54, 1.807) is 0 Å². The lowest BCUT2D eigenvalue weighted by Gasteiger charge is -2.36.